The Labute approximate surface area is 96.6 Å². The highest BCUT2D eigenvalue weighted by Crippen LogP contribution is 2.23. The average molecular weight is 236 g/mol. The highest BCUT2D eigenvalue weighted by Gasteiger charge is 2.08. The SMILES string of the molecule is O=[N+]([O-])c1ccc(-c2cc(CS)no2)cc1. The number of benzene rings is 1. The van der Waals surface area contributed by atoms with Gasteiger partial charge in [-0.05, 0) is 12.1 Å². The summed E-state index contributed by atoms with van der Waals surface area (Å²) in [6.45, 7) is 0. The van der Waals surface area contributed by atoms with E-state index >= 15 is 0 Å². The Morgan fingerprint density at radius 1 is 1.38 bits per heavy atom. The third-order valence-corrected chi connectivity index (χ3v) is 2.41. The van der Waals surface area contributed by atoms with Crippen LogP contribution in [-0.2, 0) is 5.75 Å². The molecule has 0 saturated heterocycles. The summed E-state index contributed by atoms with van der Waals surface area (Å²) in [5, 5.41) is 14.2. The smallest absolute Gasteiger partial charge is 0.269 e. The predicted octanol–water partition coefficient (Wildman–Crippen LogP) is 2.68. The molecule has 0 aliphatic rings. The van der Waals surface area contributed by atoms with Crippen molar-refractivity contribution in [1.82, 2.24) is 5.16 Å². The zero-order valence-corrected chi connectivity index (χ0v) is 9.05. The first-order valence-corrected chi connectivity index (χ1v) is 5.15. The summed E-state index contributed by atoms with van der Waals surface area (Å²) >= 11 is 4.07. The first kappa shape index (κ1) is 10.7. The summed E-state index contributed by atoms with van der Waals surface area (Å²) in [7, 11) is 0. The molecule has 0 fully saturated rings. The van der Waals surface area contributed by atoms with E-state index in [0.29, 0.717) is 11.5 Å². The van der Waals surface area contributed by atoms with E-state index in [0.717, 1.165) is 11.3 Å². The van der Waals surface area contributed by atoms with Crippen LogP contribution in [-0.4, -0.2) is 10.1 Å². The first-order valence-electron chi connectivity index (χ1n) is 4.52. The number of non-ortho nitro benzene ring substituents is 1. The van der Waals surface area contributed by atoms with Gasteiger partial charge in [0.2, 0.25) is 0 Å². The Balaban J connectivity index is 2.30. The molecule has 82 valence electrons. The van der Waals surface area contributed by atoms with Gasteiger partial charge in [0.15, 0.2) is 5.76 Å². The van der Waals surface area contributed by atoms with Crippen LogP contribution in [0.5, 0.6) is 0 Å². The molecule has 0 saturated carbocycles. The number of rotatable bonds is 3. The Bertz CT molecular complexity index is 507. The van der Waals surface area contributed by atoms with Crippen LogP contribution in [0.2, 0.25) is 0 Å². The van der Waals surface area contributed by atoms with Crippen LogP contribution in [0.15, 0.2) is 34.9 Å². The minimum atomic E-state index is -0.441. The third-order valence-electron chi connectivity index (χ3n) is 2.08. The molecule has 1 aromatic carbocycles. The number of thiol groups is 1. The second kappa shape index (κ2) is 4.36. The zero-order chi connectivity index (χ0) is 11.5. The standard InChI is InChI=1S/C10H8N2O3S/c13-12(14)9-3-1-7(2-4-9)10-5-8(6-16)11-15-10/h1-5,16H,6H2. The van der Waals surface area contributed by atoms with Crippen molar-refractivity contribution in [2.24, 2.45) is 0 Å². The van der Waals surface area contributed by atoms with Crippen molar-refractivity contribution >= 4 is 18.3 Å². The van der Waals surface area contributed by atoms with Crippen molar-refractivity contribution in [2.45, 2.75) is 5.75 Å². The van der Waals surface area contributed by atoms with Crippen molar-refractivity contribution in [3.63, 3.8) is 0 Å². The van der Waals surface area contributed by atoms with Gasteiger partial charge >= 0.3 is 0 Å². The predicted molar refractivity (Wildman–Crippen MR) is 61.3 cm³/mol. The van der Waals surface area contributed by atoms with Crippen molar-refractivity contribution in [1.29, 1.82) is 0 Å². The van der Waals surface area contributed by atoms with Crippen LogP contribution in [0.3, 0.4) is 0 Å². The fraction of sp³-hybridized carbons (Fsp3) is 0.100. The molecular formula is C10H8N2O3S. The van der Waals surface area contributed by atoms with Gasteiger partial charge in [-0.25, -0.2) is 0 Å². The van der Waals surface area contributed by atoms with Gasteiger partial charge in [0, 0.05) is 29.5 Å². The lowest BCUT2D eigenvalue weighted by Crippen LogP contribution is -1.86. The van der Waals surface area contributed by atoms with Crippen LogP contribution >= 0.6 is 12.6 Å². The minimum absolute atomic E-state index is 0.0534. The highest BCUT2D eigenvalue weighted by molar-refractivity contribution is 7.79. The van der Waals surface area contributed by atoms with Crippen LogP contribution in [0.1, 0.15) is 5.69 Å². The molecule has 16 heavy (non-hydrogen) atoms. The summed E-state index contributed by atoms with van der Waals surface area (Å²) < 4.78 is 5.07. The summed E-state index contributed by atoms with van der Waals surface area (Å²) in [5.74, 6) is 1.08. The zero-order valence-electron chi connectivity index (χ0n) is 8.16. The normalized spacial score (nSPS) is 10.3. The molecule has 5 nitrogen and oxygen atoms in total. The maximum Gasteiger partial charge on any atom is 0.269 e. The van der Waals surface area contributed by atoms with Gasteiger partial charge in [-0.2, -0.15) is 12.6 Å². The molecule has 0 atom stereocenters. The van der Waals surface area contributed by atoms with Gasteiger partial charge in [0.1, 0.15) is 0 Å². The van der Waals surface area contributed by atoms with E-state index in [-0.39, 0.29) is 5.69 Å². The van der Waals surface area contributed by atoms with E-state index in [1.54, 1.807) is 18.2 Å². The van der Waals surface area contributed by atoms with E-state index in [1.165, 1.54) is 12.1 Å². The Kier molecular flexibility index (Phi) is 2.91. The Morgan fingerprint density at radius 3 is 2.56 bits per heavy atom. The van der Waals surface area contributed by atoms with Crippen molar-refractivity contribution in [2.75, 3.05) is 0 Å². The quantitative estimate of drug-likeness (QED) is 0.505. The number of hydrogen-bond donors (Lipinski definition) is 1. The molecule has 1 heterocycles. The molecule has 0 N–H and O–H groups in total. The second-order valence-electron chi connectivity index (χ2n) is 3.14. The monoisotopic (exact) mass is 236 g/mol. The molecule has 0 spiro atoms. The molecule has 0 radical (unpaired) electrons. The van der Waals surface area contributed by atoms with Gasteiger partial charge in [0.25, 0.3) is 5.69 Å². The fourth-order valence-corrected chi connectivity index (χ4v) is 1.42. The summed E-state index contributed by atoms with van der Waals surface area (Å²) in [6, 6.07) is 7.87. The molecular weight excluding hydrogens is 228 g/mol. The van der Waals surface area contributed by atoms with E-state index < -0.39 is 4.92 Å². The van der Waals surface area contributed by atoms with Crippen LogP contribution in [0.25, 0.3) is 11.3 Å². The molecule has 0 bridgehead atoms. The van der Waals surface area contributed by atoms with Gasteiger partial charge < -0.3 is 4.52 Å². The van der Waals surface area contributed by atoms with Crippen LogP contribution in [0, 0.1) is 10.1 Å². The summed E-state index contributed by atoms with van der Waals surface area (Å²) in [4.78, 5) is 10.0. The molecule has 2 aromatic rings. The van der Waals surface area contributed by atoms with Crippen molar-refractivity contribution in [3.8, 4) is 11.3 Å². The number of hydrogen-bond acceptors (Lipinski definition) is 5. The lowest BCUT2D eigenvalue weighted by atomic mass is 10.1. The Morgan fingerprint density at radius 2 is 2.06 bits per heavy atom. The maximum atomic E-state index is 10.5. The lowest BCUT2D eigenvalue weighted by molar-refractivity contribution is -0.384. The Hall–Kier alpha value is -1.82. The number of aromatic nitrogens is 1. The average Bonchev–Trinajstić information content (AvgIpc) is 2.77. The largest absolute Gasteiger partial charge is 0.356 e. The van der Waals surface area contributed by atoms with Gasteiger partial charge in [-0.3, -0.25) is 10.1 Å². The summed E-state index contributed by atoms with van der Waals surface area (Å²) in [5.41, 5.74) is 1.54. The van der Waals surface area contributed by atoms with E-state index in [4.69, 9.17) is 4.52 Å². The van der Waals surface area contributed by atoms with Crippen molar-refractivity contribution < 1.29 is 9.45 Å². The van der Waals surface area contributed by atoms with Gasteiger partial charge in [0.05, 0.1) is 10.6 Å². The fourth-order valence-electron chi connectivity index (χ4n) is 1.27. The van der Waals surface area contributed by atoms with E-state index in [1.807, 2.05) is 0 Å². The second-order valence-corrected chi connectivity index (χ2v) is 3.46. The van der Waals surface area contributed by atoms with Crippen molar-refractivity contribution in [3.05, 3.63) is 46.1 Å². The molecule has 6 heteroatoms. The highest BCUT2D eigenvalue weighted by atomic mass is 32.1. The first-order chi connectivity index (χ1) is 7.70. The van der Waals surface area contributed by atoms with Crippen LogP contribution in [0.4, 0.5) is 5.69 Å². The molecule has 2 rings (SSSR count). The third kappa shape index (κ3) is 2.06. The number of nitrogens with zero attached hydrogens (tertiary/aromatic N) is 2. The maximum absolute atomic E-state index is 10.5. The molecule has 0 aliphatic heterocycles. The van der Waals surface area contributed by atoms with Crippen LogP contribution < -0.4 is 0 Å². The summed E-state index contributed by atoms with van der Waals surface area (Å²) in [6.07, 6.45) is 0. The van der Waals surface area contributed by atoms with E-state index in [9.17, 15) is 10.1 Å². The molecule has 0 amide bonds. The number of nitro groups is 1. The number of nitro benzene ring substituents is 1. The van der Waals surface area contributed by atoms with Gasteiger partial charge in [-0.15, -0.1) is 0 Å². The minimum Gasteiger partial charge on any atom is -0.356 e. The lowest BCUT2D eigenvalue weighted by Gasteiger charge is -1.94. The van der Waals surface area contributed by atoms with E-state index in [2.05, 4.69) is 17.8 Å². The molecule has 1 aromatic heterocycles. The molecule has 0 aliphatic carbocycles. The molecule has 0 unspecified atom stereocenters. The van der Waals surface area contributed by atoms with Gasteiger partial charge in [-0.1, -0.05) is 5.16 Å². The topological polar surface area (TPSA) is 69.2 Å².